The van der Waals surface area contributed by atoms with Gasteiger partial charge in [-0.05, 0) is 30.5 Å². The topological polar surface area (TPSA) is 69.0 Å². The molecule has 25 heavy (non-hydrogen) atoms. The lowest BCUT2D eigenvalue weighted by Gasteiger charge is -2.16. The number of rotatable bonds is 4. The number of aromatic nitrogens is 1. The Kier molecular flexibility index (Phi) is 5.11. The Morgan fingerprint density at radius 3 is 2.72 bits per heavy atom. The van der Waals surface area contributed by atoms with Crippen LogP contribution in [0.25, 0.3) is 0 Å². The van der Waals surface area contributed by atoms with Crippen molar-refractivity contribution in [1.82, 2.24) is 9.88 Å². The number of carbonyl (C=O) groups is 1. The highest BCUT2D eigenvalue weighted by molar-refractivity contribution is 5.92. The zero-order valence-electron chi connectivity index (χ0n) is 14.6. The normalized spacial score (nSPS) is 20.2. The van der Waals surface area contributed by atoms with Crippen LogP contribution in [0.15, 0.2) is 42.5 Å². The quantitative estimate of drug-likeness (QED) is 0.933. The number of nitrogens with zero attached hydrogens (tertiary/aromatic N) is 3. The molecule has 5 heteroatoms. The van der Waals surface area contributed by atoms with Crippen molar-refractivity contribution in [2.24, 2.45) is 11.8 Å². The fraction of sp³-hybridized carbons (Fsp3) is 0.350. The number of hydrogen-bond acceptors (Lipinski definition) is 4. The maximum absolute atomic E-state index is 12.6. The van der Waals surface area contributed by atoms with Crippen LogP contribution < -0.4 is 5.32 Å². The first-order chi connectivity index (χ1) is 12.1. The zero-order chi connectivity index (χ0) is 17.8. The van der Waals surface area contributed by atoms with E-state index >= 15 is 0 Å². The minimum absolute atomic E-state index is 0.000306. The Balaban J connectivity index is 1.62. The number of carbonyl (C=O) groups excluding carboxylic acids is 1. The summed E-state index contributed by atoms with van der Waals surface area (Å²) >= 11 is 0. The summed E-state index contributed by atoms with van der Waals surface area (Å²) in [5.41, 5.74) is 2.42. The number of benzene rings is 1. The molecule has 2 aromatic rings. The number of hydrogen-bond donors (Lipinski definition) is 1. The molecule has 2 atom stereocenters. The second-order valence-corrected chi connectivity index (χ2v) is 6.69. The highest BCUT2D eigenvalue weighted by Crippen LogP contribution is 2.25. The molecule has 128 valence electrons. The van der Waals surface area contributed by atoms with Crippen molar-refractivity contribution in [3.63, 3.8) is 0 Å². The number of pyridine rings is 1. The molecular formula is C20H22N4O. The molecule has 0 unspecified atom stereocenters. The van der Waals surface area contributed by atoms with Gasteiger partial charge in [-0.1, -0.05) is 37.3 Å². The molecule has 0 saturated carbocycles. The molecule has 1 aromatic heterocycles. The summed E-state index contributed by atoms with van der Waals surface area (Å²) in [6.45, 7) is 6.41. The van der Waals surface area contributed by atoms with E-state index in [2.05, 4.69) is 40.3 Å². The summed E-state index contributed by atoms with van der Waals surface area (Å²) in [7, 11) is 0. The SMILES string of the molecule is Cc1nc(NC(=O)[C@@H]2CN(Cc3ccccc3)C[C@H]2C)ccc1C#N. The first kappa shape index (κ1) is 17.1. The molecular weight excluding hydrogens is 312 g/mol. The van der Waals surface area contributed by atoms with E-state index in [0.717, 1.165) is 19.6 Å². The molecule has 0 radical (unpaired) electrons. The van der Waals surface area contributed by atoms with Gasteiger partial charge >= 0.3 is 0 Å². The Morgan fingerprint density at radius 2 is 2.04 bits per heavy atom. The monoisotopic (exact) mass is 334 g/mol. The Morgan fingerprint density at radius 1 is 1.28 bits per heavy atom. The van der Waals surface area contributed by atoms with Crippen LogP contribution in [0.3, 0.4) is 0 Å². The minimum atomic E-state index is -0.0542. The van der Waals surface area contributed by atoms with E-state index in [4.69, 9.17) is 5.26 Å². The van der Waals surface area contributed by atoms with Gasteiger partial charge in [-0.25, -0.2) is 4.98 Å². The van der Waals surface area contributed by atoms with Gasteiger partial charge < -0.3 is 5.32 Å². The maximum atomic E-state index is 12.6. The van der Waals surface area contributed by atoms with E-state index in [1.807, 2.05) is 18.2 Å². The van der Waals surface area contributed by atoms with Gasteiger partial charge in [0, 0.05) is 19.6 Å². The lowest BCUT2D eigenvalue weighted by atomic mass is 9.97. The van der Waals surface area contributed by atoms with Crippen molar-refractivity contribution in [2.45, 2.75) is 20.4 Å². The standard InChI is InChI=1S/C20H22N4O/c1-14-11-24(12-16-6-4-3-5-7-16)13-18(14)20(25)23-19-9-8-17(10-21)15(2)22-19/h3-9,14,18H,11-13H2,1-2H3,(H,22,23,25)/t14-,18-/m1/s1. The Bertz CT molecular complexity index is 797. The number of nitriles is 1. The largest absolute Gasteiger partial charge is 0.310 e. The predicted octanol–water partition coefficient (Wildman–Crippen LogP) is 2.97. The minimum Gasteiger partial charge on any atom is -0.310 e. The van der Waals surface area contributed by atoms with E-state index in [1.165, 1.54) is 5.56 Å². The maximum Gasteiger partial charge on any atom is 0.230 e. The third-order valence-electron chi connectivity index (χ3n) is 4.73. The predicted molar refractivity (Wildman–Crippen MR) is 96.7 cm³/mol. The first-order valence-corrected chi connectivity index (χ1v) is 8.51. The van der Waals surface area contributed by atoms with Crippen LogP contribution >= 0.6 is 0 Å². The van der Waals surface area contributed by atoms with Crippen LogP contribution in [0.4, 0.5) is 5.82 Å². The molecule has 3 rings (SSSR count). The van der Waals surface area contributed by atoms with Crippen molar-refractivity contribution in [3.8, 4) is 6.07 Å². The number of likely N-dealkylation sites (tertiary alicyclic amines) is 1. The van der Waals surface area contributed by atoms with Crippen molar-refractivity contribution in [3.05, 3.63) is 59.3 Å². The van der Waals surface area contributed by atoms with Crippen LogP contribution in [0.1, 0.15) is 23.7 Å². The molecule has 0 aliphatic carbocycles. The van der Waals surface area contributed by atoms with Gasteiger partial charge in [0.1, 0.15) is 11.9 Å². The van der Waals surface area contributed by atoms with Crippen molar-refractivity contribution < 1.29 is 4.79 Å². The fourth-order valence-corrected chi connectivity index (χ4v) is 3.35. The fourth-order valence-electron chi connectivity index (χ4n) is 3.35. The van der Waals surface area contributed by atoms with Crippen LogP contribution in [-0.2, 0) is 11.3 Å². The number of anilines is 1. The van der Waals surface area contributed by atoms with Crippen LogP contribution in [0.2, 0.25) is 0 Å². The summed E-state index contributed by atoms with van der Waals surface area (Å²) in [5, 5.41) is 11.9. The van der Waals surface area contributed by atoms with E-state index in [9.17, 15) is 4.79 Å². The Labute approximate surface area is 148 Å². The van der Waals surface area contributed by atoms with E-state index in [-0.39, 0.29) is 11.8 Å². The smallest absolute Gasteiger partial charge is 0.230 e. The summed E-state index contributed by atoms with van der Waals surface area (Å²) < 4.78 is 0. The van der Waals surface area contributed by atoms with E-state index < -0.39 is 0 Å². The highest BCUT2D eigenvalue weighted by Gasteiger charge is 2.34. The van der Waals surface area contributed by atoms with Gasteiger partial charge in [-0.3, -0.25) is 9.69 Å². The summed E-state index contributed by atoms with van der Waals surface area (Å²) in [6.07, 6.45) is 0. The molecule has 1 amide bonds. The third-order valence-corrected chi connectivity index (χ3v) is 4.73. The molecule has 1 fully saturated rings. The molecule has 0 spiro atoms. The summed E-state index contributed by atoms with van der Waals surface area (Å²) in [4.78, 5) is 19.3. The van der Waals surface area contributed by atoms with Gasteiger partial charge in [0.05, 0.1) is 17.2 Å². The number of amides is 1. The first-order valence-electron chi connectivity index (χ1n) is 8.51. The lowest BCUT2D eigenvalue weighted by molar-refractivity contribution is -0.120. The van der Waals surface area contributed by atoms with Crippen molar-refractivity contribution >= 4 is 11.7 Å². The molecule has 2 heterocycles. The Hall–Kier alpha value is -2.71. The molecule has 1 aromatic carbocycles. The van der Waals surface area contributed by atoms with Gasteiger partial charge in [0.25, 0.3) is 0 Å². The highest BCUT2D eigenvalue weighted by atomic mass is 16.2. The second-order valence-electron chi connectivity index (χ2n) is 6.69. The van der Waals surface area contributed by atoms with Crippen LogP contribution in [-0.4, -0.2) is 28.9 Å². The van der Waals surface area contributed by atoms with Crippen molar-refractivity contribution in [2.75, 3.05) is 18.4 Å². The van der Waals surface area contributed by atoms with Gasteiger partial charge in [-0.2, -0.15) is 5.26 Å². The third kappa shape index (κ3) is 4.04. The molecule has 1 saturated heterocycles. The average molecular weight is 334 g/mol. The van der Waals surface area contributed by atoms with E-state index in [0.29, 0.717) is 23.0 Å². The molecule has 5 nitrogen and oxygen atoms in total. The molecule has 1 N–H and O–H groups in total. The lowest BCUT2D eigenvalue weighted by Crippen LogP contribution is -2.29. The summed E-state index contributed by atoms with van der Waals surface area (Å²) in [5.74, 6) is 0.750. The zero-order valence-corrected chi connectivity index (χ0v) is 14.6. The number of aryl methyl sites for hydroxylation is 1. The molecule has 0 bridgehead atoms. The van der Waals surface area contributed by atoms with Crippen LogP contribution in [0.5, 0.6) is 0 Å². The average Bonchev–Trinajstić information content (AvgIpc) is 2.96. The van der Waals surface area contributed by atoms with Crippen molar-refractivity contribution in [1.29, 1.82) is 5.26 Å². The van der Waals surface area contributed by atoms with Crippen LogP contribution in [0, 0.1) is 30.1 Å². The molecule has 1 aliphatic rings. The summed E-state index contributed by atoms with van der Waals surface area (Å²) in [6, 6.07) is 15.8. The van der Waals surface area contributed by atoms with Gasteiger partial charge in [-0.15, -0.1) is 0 Å². The van der Waals surface area contributed by atoms with Gasteiger partial charge in [0.2, 0.25) is 5.91 Å². The molecule has 1 aliphatic heterocycles. The van der Waals surface area contributed by atoms with E-state index in [1.54, 1.807) is 19.1 Å². The van der Waals surface area contributed by atoms with Gasteiger partial charge in [0.15, 0.2) is 0 Å². The number of nitrogens with one attached hydrogen (secondary N) is 1. The second kappa shape index (κ2) is 7.45.